The minimum Gasteiger partial charge on any atom is -0.453 e. The van der Waals surface area contributed by atoms with E-state index in [0.29, 0.717) is 59.9 Å². The summed E-state index contributed by atoms with van der Waals surface area (Å²) in [5.41, 5.74) is 2.21. The van der Waals surface area contributed by atoms with Gasteiger partial charge >= 0.3 is 6.09 Å². The van der Waals surface area contributed by atoms with Gasteiger partial charge in [0, 0.05) is 44.2 Å². The van der Waals surface area contributed by atoms with Crippen molar-refractivity contribution in [2.75, 3.05) is 42.7 Å². The van der Waals surface area contributed by atoms with Gasteiger partial charge < -0.3 is 20.3 Å². The Morgan fingerprint density at radius 3 is 2.71 bits per heavy atom. The molecule has 0 aromatic carbocycles. The molecule has 5 rings (SSSR count). The number of carbonyl (C=O) groups is 1. The predicted molar refractivity (Wildman–Crippen MR) is 132 cm³/mol. The summed E-state index contributed by atoms with van der Waals surface area (Å²) in [5, 5.41) is 6.33. The van der Waals surface area contributed by atoms with Crippen LogP contribution in [-0.2, 0) is 22.0 Å². The van der Waals surface area contributed by atoms with Crippen molar-refractivity contribution in [1.82, 2.24) is 25.3 Å². The van der Waals surface area contributed by atoms with Gasteiger partial charge in [0.2, 0.25) is 5.95 Å². The number of terminal acetylenes is 1. The lowest BCUT2D eigenvalue weighted by Crippen LogP contribution is -2.54. The summed E-state index contributed by atoms with van der Waals surface area (Å²) in [4.78, 5) is 32.8. The largest absolute Gasteiger partial charge is 0.453 e. The number of carbonyl (C=O) groups excluding carboxylic acids is 1. The topological polar surface area (TPSA) is 122 Å². The van der Waals surface area contributed by atoms with Gasteiger partial charge in [0.1, 0.15) is 10.7 Å². The zero-order valence-corrected chi connectivity index (χ0v) is 20.4. The van der Waals surface area contributed by atoms with Gasteiger partial charge in [-0.3, -0.25) is 4.21 Å². The normalized spacial score (nSPS) is 20.2. The Hall–Kier alpha value is -3.52. The highest BCUT2D eigenvalue weighted by Gasteiger charge is 2.40. The molecule has 182 valence electrons. The second-order valence-electron chi connectivity index (χ2n) is 8.92. The lowest BCUT2D eigenvalue weighted by Gasteiger charge is -2.43. The molecule has 3 aliphatic rings. The Kier molecular flexibility index (Phi) is 6.38. The Balaban J connectivity index is 1.38. The summed E-state index contributed by atoms with van der Waals surface area (Å²) in [6.45, 7) is 1.74. The van der Waals surface area contributed by atoms with Crippen LogP contribution >= 0.6 is 0 Å². The molecule has 1 fully saturated rings. The smallest absolute Gasteiger partial charge is 0.406 e. The fourth-order valence-electron chi connectivity index (χ4n) is 4.55. The molecular formula is C24H27N7O3S. The number of alkyl carbamates (subject to hydrolysis) is 1. The van der Waals surface area contributed by atoms with Gasteiger partial charge in [-0.1, -0.05) is 12.0 Å². The maximum absolute atomic E-state index is 12.8. The number of fused-ring (bicyclic) bond motifs is 1. The molecule has 4 heterocycles. The molecule has 2 aromatic heterocycles. The van der Waals surface area contributed by atoms with Gasteiger partial charge in [0.15, 0.2) is 5.82 Å². The van der Waals surface area contributed by atoms with E-state index in [-0.39, 0.29) is 5.54 Å². The van der Waals surface area contributed by atoms with Crippen molar-refractivity contribution in [2.45, 2.75) is 42.5 Å². The highest BCUT2D eigenvalue weighted by atomic mass is 32.2. The number of aryl methyl sites for hydroxylation is 1. The second kappa shape index (κ2) is 9.62. The van der Waals surface area contributed by atoms with Crippen LogP contribution in [0.1, 0.15) is 42.8 Å². The Morgan fingerprint density at radius 1 is 1.29 bits per heavy atom. The third kappa shape index (κ3) is 4.71. The lowest BCUT2D eigenvalue weighted by molar-refractivity contribution is 0.163. The van der Waals surface area contributed by atoms with E-state index in [0.717, 1.165) is 37.0 Å². The van der Waals surface area contributed by atoms with E-state index in [2.05, 4.69) is 37.5 Å². The molecule has 0 bridgehead atoms. The zero-order valence-electron chi connectivity index (χ0n) is 19.5. The fourth-order valence-corrected chi connectivity index (χ4v) is 5.85. The van der Waals surface area contributed by atoms with Gasteiger partial charge in [-0.25, -0.2) is 19.7 Å². The first-order valence-electron chi connectivity index (χ1n) is 11.6. The number of hydrogen-bond acceptors (Lipinski definition) is 9. The SMILES string of the molecule is C#Cc1cnc(C2=CCN(c3nc4c(c(NC5(CNC(=O)OC)CCC5)n3)[S@](=O)CC4)CC2)nc1. The number of ether oxygens (including phenoxy) is 1. The van der Waals surface area contributed by atoms with Crippen molar-refractivity contribution < 1.29 is 13.7 Å². The van der Waals surface area contributed by atoms with Crippen LogP contribution in [-0.4, -0.2) is 68.3 Å². The third-order valence-corrected chi connectivity index (χ3v) is 8.18. The maximum atomic E-state index is 12.8. The third-order valence-electron chi connectivity index (χ3n) is 6.72. The monoisotopic (exact) mass is 493 g/mol. The van der Waals surface area contributed by atoms with E-state index < -0.39 is 16.9 Å². The molecule has 10 nitrogen and oxygen atoms in total. The van der Waals surface area contributed by atoms with Crippen molar-refractivity contribution in [3.8, 4) is 12.3 Å². The van der Waals surface area contributed by atoms with Crippen molar-refractivity contribution in [1.29, 1.82) is 0 Å². The number of nitrogens with one attached hydrogen (secondary N) is 2. The summed E-state index contributed by atoms with van der Waals surface area (Å²) < 4.78 is 17.5. The summed E-state index contributed by atoms with van der Waals surface area (Å²) in [6.07, 6.45) is 14.5. The second-order valence-corrected chi connectivity index (χ2v) is 10.4. The average molecular weight is 494 g/mol. The molecule has 1 amide bonds. The molecule has 0 unspecified atom stereocenters. The summed E-state index contributed by atoms with van der Waals surface area (Å²) in [5.74, 6) is 4.98. The first kappa shape index (κ1) is 23.2. The molecule has 2 aliphatic heterocycles. The van der Waals surface area contributed by atoms with Crippen LogP contribution in [0.25, 0.3) is 5.57 Å². The van der Waals surface area contributed by atoms with Crippen LogP contribution in [0.15, 0.2) is 23.4 Å². The van der Waals surface area contributed by atoms with E-state index in [4.69, 9.17) is 21.1 Å². The van der Waals surface area contributed by atoms with Crippen LogP contribution in [0.3, 0.4) is 0 Å². The maximum Gasteiger partial charge on any atom is 0.406 e. The van der Waals surface area contributed by atoms with Crippen molar-refractivity contribution in [2.24, 2.45) is 0 Å². The number of rotatable bonds is 6. The molecule has 11 heteroatoms. The molecule has 0 saturated heterocycles. The molecule has 0 spiro atoms. The number of anilines is 2. The average Bonchev–Trinajstić information content (AvgIpc) is 3.26. The van der Waals surface area contributed by atoms with Gasteiger partial charge in [-0.05, 0) is 31.3 Å². The van der Waals surface area contributed by atoms with Crippen molar-refractivity contribution in [3.05, 3.63) is 35.6 Å². The Morgan fingerprint density at radius 2 is 2.09 bits per heavy atom. The van der Waals surface area contributed by atoms with E-state index >= 15 is 0 Å². The molecule has 1 saturated carbocycles. The van der Waals surface area contributed by atoms with Crippen LogP contribution < -0.4 is 15.5 Å². The molecule has 0 radical (unpaired) electrons. The van der Waals surface area contributed by atoms with Gasteiger partial charge in [-0.15, -0.1) is 6.42 Å². The predicted octanol–water partition coefficient (Wildman–Crippen LogP) is 1.90. The van der Waals surface area contributed by atoms with Crippen LogP contribution in [0, 0.1) is 12.3 Å². The molecule has 35 heavy (non-hydrogen) atoms. The zero-order chi connectivity index (χ0) is 24.4. The molecule has 2 aromatic rings. The van der Waals surface area contributed by atoms with E-state index in [1.54, 1.807) is 12.4 Å². The molecular weight excluding hydrogens is 466 g/mol. The highest BCUT2D eigenvalue weighted by molar-refractivity contribution is 7.85. The lowest BCUT2D eigenvalue weighted by atomic mass is 9.76. The number of hydrogen-bond donors (Lipinski definition) is 2. The van der Waals surface area contributed by atoms with E-state index in [1.807, 2.05) is 0 Å². The fraction of sp³-hybridized carbons (Fsp3) is 0.458. The number of amides is 1. The first-order chi connectivity index (χ1) is 17.0. The van der Waals surface area contributed by atoms with E-state index in [1.165, 1.54) is 7.11 Å². The van der Waals surface area contributed by atoms with Gasteiger partial charge in [0.25, 0.3) is 0 Å². The highest BCUT2D eigenvalue weighted by Crippen LogP contribution is 2.38. The van der Waals surface area contributed by atoms with Gasteiger partial charge in [-0.2, -0.15) is 4.98 Å². The van der Waals surface area contributed by atoms with Crippen LogP contribution in [0.5, 0.6) is 0 Å². The minimum atomic E-state index is -1.14. The van der Waals surface area contributed by atoms with E-state index in [9.17, 15) is 9.00 Å². The molecule has 2 N–H and O–H groups in total. The van der Waals surface area contributed by atoms with Crippen LogP contribution in [0.4, 0.5) is 16.6 Å². The number of aromatic nitrogens is 4. The van der Waals surface area contributed by atoms with Crippen LogP contribution in [0.2, 0.25) is 0 Å². The number of methoxy groups -OCH3 is 1. The number of nitrogens with zero attached hydrogens (tertiary/aromatic N) is 5. The summed E-state index contributed by atoms with van der Waals surface area (Å²) in [6, 6.07) is 0. The molecule has 1 atom stereocenters. The first-order valence-corrected chi connectivity index (χ1v) is 12.9. The standard InChI is InChI=1S/C24H27N7O3S/c1-3-16-13-25-20(26-14-16)17-5-10-31(11-6-17)22-28-18-7-12-35(33)19(18)21(29-22)30-24(8-4-9-24)15-27-23(32)34-2/h1,5,13-14H,4,6-12,15H2,2H3,(H,27,32)(H,28,29,30)/t35-/m1/s1. The van der Waals surface area contributed by atoms with Crippen molar-refractivity contribution in [3.63, 3.8) is 0 Å². The summed E-state index contributed by atoms with van der Waals surface area (Å²) >= 11 is 0. The summed E-state index contributed by atoms with van der Waals surface area (Å²) in [7, 11) is 0.204. The Bertz CT molecular complexity index is 1230. The quantitative estimate of drug-likeness (QED) is 0.581. The van der Waals surface area contributed by atoms with Gasteiger partial charge in [0.05, 0.1) is 34.7 Å². The Labute approximate surface area is 206 Å². The van der Waals surface area contributed by atoms with Crippen molar-refractivity contribution >= 4 is 34.2 Å². The minimum absolute atomic E-state index is 0.336. The molecule has 1 aliphatic carbocycles.